The van der Waals surface area contributed by atoms with E-state index in [0.29, 0.717) is 34.6 Å². The van der Waals surface area contributed by atoms with Gasteiger partial charge in [-0.3, -0.25) is 9.48 Å². The summed E-state index contributed by atoms with van der Waals surface area (Å²) in [7, 11) is 0. The van der Waals surface area contributed by atoms with E-state index in [2.05, 4.69) is 26.3 Å². The second-order valence-corrected chi connectivity index (χ2v) is 8.64. The number of benzene rings is 3. The van der Waals surface area contributed by atoms with Crippen molar-refractivity contribution in [3.05, 3.63) is 110 Å². The van der Waals surface area contributed by atoms with Crippen LogP contribution in [0.15, 0.2) is 83.5 Å². The fraction of sp³-hybridized carbons (Fsp3) is 0.0833. The Morgan fingerprint density at radius 3 is 2.53 bits per heavy atom. The Kier molecular flexibility index (Phi) is 7.15. The molecule has 4 aromatic rings. The Hall–Kier alpha value is -2.80. The number of aromatic nitrogens is 2. The maximum atomic E-state index is 12.7. The standard InChI is InChI=1S/C24H18BrCl2N3O2/c25-19-7-1-2-10-22(19)32-15-16-5-3-6-17(13-16)24(31)28-23-11-12-30(29-23)14-18-20(26)8-4-9-21(18)27/h1-13H,14-15H2,(H,28,29,31). The molecule has 0 fully saturated rings. The Balaban J connectivity index is 1.40. The maximum Gasteiger partial charge on any atom is 0.256 e. The molecule has 1 N–H and O–H groups in total. The van der Waals surface area contributed by atoms with Crippen LogP contribution in [0.5, 0.6) is 5.75 Å². The predicted octanol–water partition coefficient (Wildman–Crippen LogP) is 6.83. The fourth-order valence-corrected chi connectivity index (χ4v) is 3.99. The van der Waals surface area contributed by atoms with Gasteiger partial charge in [0.15, 0.2) is 5.82 Å². The molecule has 5 nitrogen and oxygen atoms in total. The molecule has 0 aliphatic carbocycles. The summed E-state index contributed by atoms with van der Waals surface area (Å²) in [6.45, 7) is 0.743. The van der Waals surface area contributed by atoms with Crippen molar-refractivity contribution in [2.24, 2.45) is 0 Å². The van der Waals surface area contributed by atoms with Gasteiger partial charge in [0, 0.05) is 33.4 Å². The van der Waals surface area contributed by atoms with Crippen molar-refractivity contribution in [2.45, 2.75) is 13.2 Å². The summed E-state index contributed by atoms with van der Waals surface area (Å²) in [5, 5.41) is 8.36. The molecule has 0 unspecified atom stereocenters. The maximum absolute atomic E-state index is 12.7. The monoisotopic (exact) mass is 529 g/mol. The normalized spacial score (nSPS) is 10.7. The minimum absolute atomic E-state index is 0.256. The van der Waals surface area contributed by atoms with Crippen LogP contribution in [-0.4, -0.2) is 15.7 Å². The van der Waals surface area contributed by atoms with Gasteiger partial charge in [0.25, 0.3) is 5.91 Å². The highest BCUT2D eigenvalue weighted by Gasteiger charge is 2.11. The number of nitrogens with one attached hydrogen (secondary N) is 1. The van der Waals surface area contributed by atoms with Crippen molar-refractivity contribution in [1.29, 1.82) is 0 Å². The molecule has 8 heteroatoms. The minimum atomic E-state index is -0.256. The van der Waals surface area contributed by atoms with Crippen LogP contribution in [0.1, 0.15) is 21.5 Å². The summed E-state index contributed by atoms with van der Waals surface area (Å²) in [5.41, 5.74) is 2.17. The number of anilines is 1. The number of para-hydroxylation sites is 1. The summed E-state index contributed by atoms with van der Waals surface area (Å²) < 4.78 is 8.39. The first kappa shape index (κ1) is 22.4. The van der Waals surface area contributed by atoms with E-state index >= 15 is 0 Å². The zero-order valence-corrected chi connectivity index (χ0v) is 19.9. The van der Waals surface area contributed by atoms with Gasteiger partial charge in [-0.05, 0) is 57.9 Å². The molecule has 1 amide bonds. The van der Waals surface area contributed by atoms with Crippen LogP contribution in [0.4, 0.5) is 5.82 Å². The number of rotatable bonds is 7. The molecule has 162 valence electrons. The van der Waals surface area contributed by atoms with E-state index in [4.69, 9.17) is 27.9 Å². The predicted molar refractivity (Wildman–Crippen MR) is 131 cm³/mol. The summed E-state index contributed by atoms with van der Waals surface area (Å²) in [6.07, 6.45) is 1.76. The number of hydrogen-bond donors (Lipinski definition) is 1. The zero-order chi connectivity index (χ0) is 22.5. The first-order valence-electron chi connectivity index (χ1n) is 9.73. The summed E-state index contributed by atoms with van der Waals surface area (Å²) in [5.74, 6) is 0.924. The molecular weight excluding hydrogens is 513 g/mol. The Morgan fingerprint density at radius 2 is 1.75 bits per heavy atom. The van der Waals surface area contributed by atoms with Crippen molar-refractivity contribution in [3.8, 4) is 5.75 Å². The molecule has 0 saturated heterocycles. The van der Waals surface area contributed by atoms with Crippen LogP contribution in [-0.2, 0) is 13.2 Å². The van der Waals surface area contributed by atoms with E-state index in [1.54, 1.807) is 47.3 Å². The first-order valence-corrected chi connectivity index (χ1v) is 11.3. The van der Waals surface area contributed by atoms with Gasteiger partial charge in [-0.2, -0.15) is 5.10 Å². The number of halogens is 3. The molecule has 3 aromatic carbocycles. The molecule has 1 heterocycles. The third kappa shape index (κ3) is 5.51. The summed E-state index contributed by atoms with van der Waals surface area (Å²) >= 11 is 15.9. The van der Waals surface area contributed by atoms with E-state index in [9.17, 15) is 4.79 Å². The Labute approximate surface area is 204 Å². The lowest BCUT2D eigenvalue weighted by molar-refractivity contribution is 0.102. The van der Waals surface area contributed by atoms with Gasteiger partial charge in [-0.15, -0.1) is 0 Å². The molecule has 0 aliphatic rings. The van der Waals surface area contributed by atoms with Gasteiger partial charge >= 0.3 is 0 Å². The number of carbonyl (C=O) groups is 1. The third-order valence-corrected chi connectivity index (χ3v) is 6.05. The van der Waals surface area contributed by atoms with Crippen LogP contribution in [0.2, 0.25) is 10.0 Å². The van der Waals surface area contributed by atoms with Gasteiger partial charge in [0.2, 0.25) is 0 Å². The van der Waals surface area contributed by atoms with E-state index in [1.165, 1.54) is 0 Å². The average Bonchev–Trinajstić information content (AvgIpc) is 3.23. The van der Waals surface area contributed by atoms with Gasteiger partial charge in [-0.25, -0.2) is 0 Å². The molecule has 0 aliphatic heterocycles. The lowest BCUT2D eigenvalue weighted by Crippen LogP contribution is -2.13. The Bertz CT molecular complexity index is 1240. The highest BCUT2D eigenvalue weighted by atomic mass is 79.9. The number of hydrogen-bond acceptors (Lipinski definition) is 3. The molecule has 4 rings (SSSR count). The molecule has 0 spiro atoms. The van der Waals surface area contributed by atoms with E-state index in [-0.39, 0.29) is 5.91 Å². The van der Waals surface area contributed by atoms with Crippen LogP contribution in [0.3, 0.4) is 0 Å². The number of carbonyl (C=O) groups excluding carboxylic acids is 1. The third-order valence-electron chi connectivity index (χ3n) is 4.68. The average molecular weight is 531 g/mol. The lowest BCUT2D eigenvalue weighted by atomic mass is 10.1. The van der Waals surface area contributed by atoms with Crippen LogP contribution < -0.4 is 10.1 Å². The van der Waals surface area contributed by atoms with Crippen molar-refractivity contribution in [2.75, 3.05) is 5.32 Å². The van der Waals surface area contributed by atoms with Gasteiger partial charge in [-0.1, -0.05) is 53.5 Å². The van der Waals surface area contributed by atoms with Crippen LogP contribution >= 0.6 is 39.1 Å². The summed E-state index contributed by atoms with van der Waals surface area (Å²) in [4.78, 5) is 12.7. The second-order valence-electron chi connectivity index (χ2n) is 6.97. The quantitative estimate of drug-likeness (QED) is 0.285. The number of ether oxygens (including phenoxy) is 1. The topological polar surface area (TPSA) is 56.2 Å². The van der Waals surface area contributed by atoms with Crippen LogP contribution in [0, 0.1) is 0 Å². The van der Waals surface area contributed by atoms with Gasteiger partial charge in [0.1, 0.15) is 12.4 Å². The molecule has 0 radical (unpaired) electrons. The highest BCUT2D eigenvalue weighted by Crippen LogP contribution is 2.26. The molecule has 32 heavy (non-hydrogen) atoms. The zero-order valence-electron chi connectivity index (χ0n) is 16.8. The van der Waals surface area contributed by atoms with E-state index in [1.807, 2.05) is 36.4 Å². The fourth-order valence-electron chi connectivity index (χ4n) is 3.08. The number of amides is 1. The molecule has 1 aromatic heterocycles. The van der Waals surface area contributed by atoms with E-state index in [0.717, 1.165) is 21.3 Å². The largest absolute Gasteiger partial charge is 0.488 e. The first-order chi connectivity index (χ1) is 15.5. The minimum Gasteiger partial charge on any atom is -0.488 e. The van der Waals surface area contributed by atoms with Crippen molar-refractivity contribution >= 4 is 50.9 Å². The van der Waals surface area contributed by atoms with Gasteiger partial charge in [0.05, 0.1) is 11.0 Å². The molecule has 0 atom stereocenters. The van der Waals surface area contributed by atoms with Crippen molar-refractivity contribution in [3.63, 3.8) is 0 Å². The SMILES string of the molecule is O=C(Nc1ccn(Cc2c(Cl)cccc2Cl)n1)c1cccc(COc2ccccc2Br)c1. The second kappa shape index (κ2) is 10.2. The van der Waals surface area contributed by atoms with E-state index < -0.39 is 0 Å². The summed E-state index contributed by atoms with van der Waals surface area (Å²) in [6, 6.07) is 22.0. The van der Waals surface area contributed by atoms with Gasteiger partial charge < -0.3 is 10.1 Å². The smallest absolute Gasteiger partial charge is 0.256 e. The van der Waals surface area contributed by atoms with Crippen molar-refractivity contribution in [1.82, 2.24) is 9.78 Å². The molecule has 0 saturated carbocycles. The highest BCUT2D eigenvalue weighted by molar-refractivity contribution is 9.10. The van der Waals surface area contributed by atoms with Crippen molar-refractivity contribution < 1.29 is 9.53 Å². The Morgan fingerprint density at radius 1 is 1.00 bits per heavy atom. The molecular formula is C24H18BrCl2N3O2. The number of nitrogens with zero attached hydrogens (tertiary/aromatic N) is 2. The van der Waals surface area contributed by atoms with Crippen LogP contribution in [0.25, 0.3) is 0 Å². The lowest BCUT2D eigenvalue weighted by Gasteiger charge is -2.09. The molecule has 0 bridgehead atoms.